The maximum Gasteiger partial charge on any atom is 0.266 e. The van der Waals surface area contributed by atoms with E-state index in [0.29, 0.717) is 23.0 Å². The summed E-state index contributed by atoms with van der Waals surface area (Å²) in [5, 5.41) is 15.7. The topological polar surface area (TPSA) is 89.2 Å². The van der Waals surface area contributed by atoms with E-state index in [0.717, 1.165) is 31.5 Å². The van der Waals surface area contributed by atoms with E-state index in [1.54, 1.807) is 30.3 Å². The molecule has 0 bridgehead atoms. The van der Waals surface area contributed by atoms with Crippen molar-refractivity contribution >= 4 is 23.7 Å². The van der Waals surface area contributed by atoms with Crippen LogP contribution in [0.25, 0.3) is 0 Å². The number of alkyl halides is 2. The monoisotopic (exact) mass is 425 g/mol. The third kappa shape index (κ3) is 4.64. The van der Waals surface area contributed by atoms with Crippen molar-refractivity contribution in [2.45, 2.75) is 30.6 Å². The van der Waals surface area contributed by atoms with Gasteiger partial charge in [-0.2, -0.15) is 5.26 Å². The highest BCUT2D eigenvalue weighted by atomic mass is 19.3. The molecular weight excluding hydrogens is 400 g/mol. The first-order valence-corrected chi connectivity index (χ1v) is 10.4. The number of anilines is 3. The number of aromatic nitrogens is 2. The number of nitrogens with one attached hydrogen (secondary N) is 2. The molecular formula is C22H25F2N7. The highest BCUT2D eigenvalue weighted by Gasteiger charge is 2.40. The molecule has 7 nitrogen and oxygen atoms in total. The maximum absolute atomic E-state index is 13.9. The summed E-state index contributed by atoms with van der Waals surface area (Å²) < 4.78 is 27.8. The van der Waals surface area contributed by atoms with Crippen LogP contribution in [0, 0.1) is 11.3 Å². The molecule has 0 saturated carbocycles. The van der Waals surface area contributed by atoms with Crippen molar-refractivity contribution < 1.29 is 8.78 Å². The number of rotatable bonds is 5. The molecule has 0 spiro atoms. The number of nitriles is 1. The van der Waals surface area contributed by atoms with Gasteiger partial charge in [0.1, 0.15) is 17.5 Å². The van der Waals surface area contributed by atoms with Crippen LogP contribution < -0.4 is 15.5 Å². The van der Waals surface area contributed by atoms with Gasteiger partial charge in [-0.05, 0) is 55.8 Å². The van der Waals surface area contributed by atoms with Crippen molar-refractivity contribution in [3.8, 4) is 6.07 Å². The van der Waals surface area contributed by atoms with Gasteiger partial charge in [-0.25, -0.2) is 18.7 Å². The molecule has 2 fully saturated rings. The lowest BCUT2D eigenvalue weighted by atomic mass is 9.74. The van der Waals surface area contributed by atoms with Gasteiger partial charge in [-0.1, -0.05) is 0 Å². The zero-order valence-corrected chi connectivity index (χ0v) is 17.4. The summed E-state index contributed by atoms with van der Waals surface area (Å²) in [6, 6.07) is 9.19. The van der Waals surface area contributed by atoms with Crippen molar-refractivity contribution in [2.75, 3.05) is 43.4 Å². The van der Waals surface area contributed by atoms with Crippen molar-refractivity contribution in [3.63, 3.8) is 0 Å². The maximum atomic E-state index is 13.9. The minimum atomic E-state index is -2.72. The van der Waals surface area contributed by atoms with Crippen LogP contribution in [0.3, 0.4) is 0 Å². The minimum Gasteiger partial charge on any atom is -0.350 e. The number of pyridine rings is 2. The zero-order valence-electron chi connectivity index (χ0n) is 17.4. The number of piperidine rings is 1. The summed E-state index contributed by atoms with van der Waals surface area (Å²) in [4.78, 5) is 14.8. The molecule has 2 saturated heterocycles. The van der Waals surface area contributed by atoms with Gasteiger partial charge in [0.15, 0.2) is 0 Å². The van der Waals surface area contributed by atoms with Crippen LogP contribution in [0.5, 0.6) is 0 Å². The predicted molar refractivity (Wildman–Crippen MR) is 116 cm³/mol. The second-order valence-corrected chi connectivity index (χ2v) is 8.09. The first-order valence-electron chi connectivity index (χ1n) is 10.4. The SMILES string of the molecule is CN=CC1(c2cc(Nc3cc(C#N)ccn3)nc(N3CCC(F)(F)C3)c2)CCNCC1. The van der Waals surface area contributed by atoms with Crippen molar-refractivity contribution in [3.05, 3.63) is 41.6 Å². The largest absolute Gasteiger partial charge is 0.350 e. The van der Waals surface area contributed by atoms with Gasteiger partial charge in [0.2, 0.25) is 0 Å². The molecule has 2 aliphatic heterocycles. The third-order valence-corrected chi connectivity index (χ3v) is 5.90. The van der Waals surface area contributed by atoms with E-state index in [-0.39, 0.29) is 24.9 Å². The number of nitrogens with zero attached hydrogens (tertiary/aromatic N) is 5. The van der Waals surface area contributed by atoms with Gasteiger partial charge in [-0.15, -0.1) is 0 Å². The Labute approximate surface area is 180 Å². The fourth-order valence-electron chi connectivity index (χ4n) is 4.27. The molecule has 31 heavy (non-hydrogen) atoms. The molecule has 2 aliphatic rings. The summed E-state index contributed by atoms with van der Waals surface area (Å²) >= 11 is 0. The molecule has 2 N–H and O–H groups in total. The normalized spacial score (nSPS) is 20.0. The molecule has 0 amide bonds. The molecule has 4 rings (SSSR count). The highest BCUT2D eigenvalue weighted by molar-refractivity contribution is 5.76. The average Bonchev–Trinajstić information content (AvgIpc) is 3.14. The van der Waals surface area contributed by atoms with E-state index in [1.807, 2.05) is 18.3 Å². The van der Waals surface area contributed by atoms with E-state index in [1.165, 1.54) is 0 Å². The first kappa shape index (κ1) is 21.1. The van der Waals surface area contributed by atoms with Gasteiger partial charge >= 0.3 is 0 Å². The number of halogens is 2. The molecule has 0 atom stereocenters. The Balaban J connectivity index is 1.76. The van der Waals surface area contributed by atoms with E-state index in [9.17, 15) is 8.78 Å². The lowest BCUT2D eigenvalue weighted by molar-refractivity contribution is 0.0256. The molecule has 2 aromatic rings. The van der Waals surface area contributed by atoms with Gasteiger partial charge in [0.25, 0.3) is 5.92 Å². The van der Waals surface area contributed by atoms with Crippen LogP contribution in [-0.4, -0.2) is 55.3 Å². The minimum absolute atomic E-state index is 0.182. The second-order valence-electron chi connectivity index (χ2n) is 8.09. The predicted octanol–water partition coefficient (Wildman–Crippen LogP) is 3.26. The van der Waals surface area contributed by atoms with Gasteiger partial charge < -0.3 is 15.5 Å². The van der Waals surface area contributed by atoms with E-state index in [4.69, 9.17) is 5.26 Å². The van der Waals surface area contributed by atoms with Gasteiger partial charge in [-0.3, -0.25) is 4.99 Å². The van der Waals surface area contributed by atoms with Crippen molar-refractivity contribution in [2.24, 2.45) is 4.99 Å². The Bertz CT molecular complexity index is 1010. The molecule has 0 aliphatic carbocycles. The van der Waals surface area contributed by atoms with Crippen LogP contribution in [0.4, 0.5) is 26.2 Å². The summed E-state index contributed by atoms with van der Waals surface area (Å²) in [7, 11) is 1.75. The Morgan fingerprint density at radius 1 is 1.23 bits per heavy atom. The van der Waals surface area contributed by atoms with Crippen LogP contribution >= 0.6 is 0 Å². The third-order valence-electron chi connectivity index (χ3n) is 5.90. The fourth-order valence-corrected chi connectivity index (χ4v) is 4.27. The van der Waals surface area contributed by atoms with Crippen LogP contribution in [-0.2, 0) is 5.41 Å². The lowest BCUT2D eigenvalue weighted by Crippen LogP contribution is -2.41. The summed E-state index contributed by atoms with van der Waals surface area (Å²) in [6.45, 7) is 1.60. The standard InChI is InChI=1S/C22H25F2N7/c1-26-14-21(3-7-27-8-4-21)17-11-19(29-18-10-16(13-25)2-6-28-18)30-20(12-17)31-9-5-22(23,24)15-31/h2,6,10-12,14,27H,3-5,7-9,15H2,1H3,(H,28,29,30). The number of hydrogen-bond donors (Lipinski definition) is 2. The smallest absolute Gasteiger partial charge is 0.266 e. The van der Waals surface area contributed by atoms with Crippen LogP contribution in [0.15, 0.2) is 35.5 Å². The molecule has 9 heteroatoms. The Hall–Kier alpha value is -3.12. The summed E-state index contributed by atoms with van der Waals surface area (Å²) in [5.41, 5.74) is 1.16. The Kier molecular flexibility index (Phi) is 5.83. The number of hydrogen-bond acceptors (Lipinski definition) is 7. The number of aliphatic imine (C=N–C) groups is 1. The van der Waals surface area contributed by atoms with E-state index < -0.39 is 5.92 Å². The van der Waals surface area contributed by atoms with Crippen LogP contribution in [0.2, 0.25) is 0 Å². The van der Waals surface area contributed by atoms with E-state index >= 15 is 0 Å². The molecule has 0 unspecified atom stereocenters. The Morgan fingerprint density at radius 2 is 2.03 bits per heavy atom. The van der Waals surface area contributed by atoms with Gasteiger partial charge in [0, 0.05) is 37.8 Å². The lowest BCUT2D eigenvalue weighted by Gasteiger charge is -2.35. The summed E-state index contributed by atoms with van der Waals surface area (Å²) in [6.07, 6.45) is 5.03. The second kappa shape index (κ2) is 8.55. The zero-order chi connectivity index (χ0) is 21.9. The Morgan fingerprint density at radius 3 is 2.71 bits per heavy atom. The first-order chi connectivity index (χ1) is 14.9. The molecule has 0 radical (unpaired) electrons. The van der Waals surface area contributed by atoms with Crippen molar-refractivity contribution in [1.82, 2.24) is 15.3 Å². The summed E-state index contributed by atoms with van der Waals surface area (Å²) in [5.74, 6) is -1.22. The quantitative estimate of drug-likeness (QED) is 0.715. The van der Waals surface area contributed by atoms with Crippen LogP contribution in [0.1, 0.15) is 30.4 Å². The van der Waals surface area contributed by atoms with E-state index in [2.05, 4.69) is 31.7 Å². The van der Waals surface area contributed by atoms with Crippen molar-refractivity contribution in [1.29, 1.82) is 5.26 Å². The molecule has 0 aromatic carbocycles. The highest BCUT2D eigenvalue weighted by Crippen LogP contribution is 2.37. The van der Waals surface area contributed by atoms with Gasteiger partial charge in [0.05, 0.1) is 18.2 Å². The average molecular weight is 425 g/mol. The molecule has 4 heterocycles. The molecule has 2 aromatic heterocycles. The molecule has 162 valence electrons. The fraction of sp³-hybridized carbons (Fsp3) is 0.455.